The van der Waals surface area contributed by atoms with E-state index in [-0.39, 0.29) is 23.9 Å². The average Bonchev–Trinajstić information content (AvgIpc) is 2.44. The van der Waals surface area contributed by atoms with Gasteiger partial charge >= 0.3 is 0 Å². The number of hydrogen-bond acceptors (Lipinski definition) is 4. The Hall–Kier alpha value is -1.81. The number of rotatable bonds is 8. The molecule has 0 radical (unpaired) electrons. The minimum atomic E-state index is -0.134. The molecule has 1 unspecified atom stereocenters. The van der Waals surface area contributed by atoms with Crippen LogP contribution in [0.3, 0.4) is 0 Å². The number of nitrogens with one attached hydrogen (secondary N) is 1. The highest BCUT2D eigenvalue weighted by Crippen LogP contribution is 2.11. The summed E-state index contributed by atoms with van der Waals surface area (Å²) in [5.41, 5.74) is 3.01. The van der Waals surface area contributed by atoms with Crippen molar-refractivity contribution in [2.24, 2.45) is 5.16 Å². The van der Waals surface area contributed by atoms with E-state index >= 15 is 0 Å². The SMILES string of the molecule is C=C(O)C(Cc1ccc(/C(C)=N\OC(C)C)cc1)NC(C)C. The Bertz CT molecular complexity index is 504. The van der Waals surface area contributed by atoms with Gasteiger partial charge in [-0.25, -0.2) is 0 Å². The summed E-state index contributed by atoms with van der Waals surface area (Å²) >= 11 is 0. The van der Waals surface area contributed by atoms with Gasteiger partial charge in [0, 0.05) is 6.04 Å². The molecular formula is C18H28N2O2. The van der Waals surface area contributed by atoms with Gasteiger partial charge in [-0.2, -0.15) is 0 Å². The fourth-order valence-corrected chi connectivity index (χ4v) is 2.03. The van der Waals surface area contributed by atoms with Crippen LogP contribution in [0.25, 0.3) is 0 Å². The molecule has 0 aliphatic heterocycles. The average molecular weight is 304 g/mol. The van der Waals surface area contributed by atoms with Gasteiger partial charge in [-0.1, -0.05) is 49.8 Å². The van der Waals surface area contributed by atoms with Crippen LogP contribution >= 0.6 is 0 Å². The molecule has 0 heterocycles. The van der Waals surface area contributed by atoms with E-state index in [0.29, 0.717) is 6.42 Å². The van der Waals surface area contributed by atoms with Crippen molar-refractivity contribution in [3.05, 3.63) is 47.7 Å². The number of nitrogens with zero attached hydrogens (tertiary/aromatic N) is 1. The third kappa shape index (κ3) is 6.31. The molecule has 122 valence electrons. The molecule has 0 aliphatic rings. The molecule has 4 nitrogen and oxygen atoms in total. The van der Waals surface area contributed by atoms with Crippen molar-refractivity contribution in [1.29, 1.82) is 0 Å². The molecule has 0 bridgehead atoms. The molecule has 0 fully saturated rings. The zero-order valence-electron chi connectivity index (χ0n) is 14.3. The molecule has 1 aromatic rings. The topological polar surface area (TPSA) is 53.9 Å². The molecule has 0 aliphatic carbocycles. The van der Waals surface area contributed by atoms with Crippen molar-refractivity contribution >= 4 is 5.71 Å². The van der Waals surface area contributed by atoms with E-state index in [4.69, 9.17) is 4.84 Å². The van der Waals surface area contributed by atoms with Crippen molar-refractivity contribution in [2.45, 2.75) is 59.2 Å². The zero-order chi connectivity index (χ0) is 16.7. The Balaban J connectivity index is 2.75. The summed E-state index contributed by atoms with van der Waals surface area (Å²) in [7, 11) is 0. The number of aliphatic hydroxyl groups is 1. The molecule has 2 N–H and O–H groups in total. The molecule has 22 heavy (non-hydrogen) atoms. The molecule has 0 saturated carbocycles. The first-order valence-electron chi connectivity index (χ1n) is 7.73. The first kappa shape index (κ1) is 18.2. The standard InChI is InChI=1S/C18H28N2O2/c1-12(2)19-18(15(6)21)11-16-7-9-17(10-8-16)14(5)20-22-13(3)4/h7-10,12-13,18-19,21H,6,11H2,1-5H3/b20-14-. The van der Waals surface area contributed by atoms with Gasteiger partial charge in [0.2, 0.25) is 0 Å². The van der Waals surface area contributed by atoms with Crippen LogP contribution in [0.15, 0.2) is 41.8 Å². The highest BCUT2D eigenvalue weighted by molar-refractivity contribution is 5.98. The fourth-order valence-electron chi connectivity index (χ4n) is 2.03. The van der Waals surface area contributed by atoms with Crippen LogP contribution < -0.4 is 5.32 Å². The Labute approximate surface area is 133 Å². The lowest BCUT2D eigenvalue weighted by molar-refractivity contribution is 0.0860. The van der Waals surface area contributed by atoms with Crippen LogP contribution in [0.1, 0.15) is 45.7 Å². The van der Waals surface area contributed by atoms with Crippen LogP contribution in [0.4, 0.5) is 0 Å². The summed E-state index contributed by atoms with van der Waals surface area (Å²) in [5, 5.41) is 17.1. The zero-order valence-corrected chi connectivity index (χ0v) is 14.3. The maximum absolute atomic E-state index is 9.69. The molecule has 0 amide bonds. The lowest BCUT2D eigenvalue weighted by Crippen LogP contribution is -2.37. The van der Waals surface area contributed by atoms with E-state index < -0.39 is 0 Å². The van der Waals surface area contributed by atoms with Gasteiger partial charge in [-0.3, -0.25) is 0 Å². The largest absolute Gasteiger partial charge is 0.511 e. The molecule has 0 saturated heterocycles. The van der Waals surface area contributed by atoms with Crippen LogP contribution in [0.5, 0.6) is 0 Å². The predicted molar refractivity (Wildman–Crippen MR) is 92.4 cm³/mol. The number of hydrogen-bond donors (Lipinski definition) is 2. The Kier molecular flexibility index (Phi) is 7.12. The predicted octanol–water partition coefficient (Wildman–Crippen LogP) is 3.82. The van der Waals surface area contributed by atoms with Crippen LogP contribution in [-0.2, 0) is 11.3 Å². The molecule has 1 atom stereocenters. The van der Waals surface area contributed by atoms with E-state index in [0.717, 1.165) is 16.8 Å². The summed E-state index contributed by atoms with van der Waals surface area (Å²) in [6, 6.07) is 8.28. The van der Waals surface area contributed by atoms with Gasteiger partial charge in [0.25, 0.3) is 0 Å². The molecule has 0 spiro atoms. The molecule has 4 heteroatoms. The fraction of sp³-hybridized carbons (Fsp3) is 0.500. The normalized spacial score (nSPS) is 13.5. The van der Waals surface area contributed by atoms with Gasteiger partial charge in [-0.05, 0) is 38.3 Å². The van der Waals surface area contributed by atoms with Crippen LogP contribution in [-0.4, -0.2) is 29.0 Å². The first-order chi connectivity index (χ1) is 10.3. The quantitative estimate of drug-likeness (QED) is 0.436. The smallest absolute Gasteiger partial charge is 0.122 e. The molecular weight excluding hydrogens is 276 g/mol. The third-order valence-corrected chi connectivity index (χ3v) is 3.15. The second-order valence-corrected chi connectivity index (χ2v) is 6.10. The van der Waals surface area contributed by atoms with Crippen LogP contribution in [0.2, 0.25) is 0 Å². The second-order valence-electron chi connectivity index (χ2n) is 6.10. The summed E-state index contributed by atoms with van der Waals surface area (Å²) < 4.78 is 0. The van der Waals surface area contributed by atoms with Gasteiger partial charge in [0.1, 0.15) is 11.9 Å². The highest BCUT2D eigenvalue weighted by Gasteiger charge is 2.13. The van der Waals surface area contributed by atoms with E-state index in [1.165, 1.54) is 0 Å². The number of benzene rings is 1. The summed E-state index contributed by atoms with van der Waals surface area (Å²) in [4.78, 5) is 5.26. The van der Waals surface area contributed by atoms with Crippen molar-refractivity contribution in [2.75, 3.05) is 0 Å². The van der Waals surface area contributed by atoms with Gasteiger partial charge < -0.3 is 15.3 Å². The van der Waals surface area contributed by atoms with Crippen molar-refractivity contribution in [3.8, 4) is 0 Å². The number of oxime groups is 1. The molecule has 0 aromatic heterocycles. The second kappa shape index (κ2) is 8.59. The van der Waals surface area contributed by atoms with E-state index in [9.17, 15) is 5.11 Å². The lowest BCUT2D eigenvalue weighted by Gasteiger charge is -2.20. The minimum absolute atomic E-state index is 0.0765. The van der Waals surface area contributed by atoms with E-state index in [1.54, 1.807) is 0 Å². The summed E-state index contributed by atoms with van der Waals surface area (Å²) in [6.07, 6.45) is 0.777. The third-order valence-electron chi connectivity index (χ3n) is 3.15. The highest BCUT2D eigenvalue weighted by atomic mass is 16.6. The van der Waals surface area contributed by atoms with Gasteiger partial charge in [-0.15, -0.1) is 0 Å². The summed E-state index contributed by atoms with van der Waals surface area (Å²) in [6.45, 7) is 13.6. The van der Waals surface area contributed by atoms with Gasteiger partial charge in [0.15, 0.2) is 0 Å². The Morgan fingerprint density at radius 1 is 1.23 bits per heavy atom. The molecule has 1 rings (SSSR count). The maximum atomic E-state index is 9.69. The van der Waals surface area contributed by atoms with Crippen molar-refractivity contribution < 1.29 is 9.94 Å². The lowest BCUT2D eigenvalue weighted by atomic mass is 10.0. The Morgan fingerprint density at radius 3 is 2.27 bits per heavy atom. The maximum Gasteiger partial charge on any atom is 0.122 e. The molecule has 1 aromatic carbocycles. The summed E-state index contributed by atoms with van der Waals surface area (Å²) in [5.74, 6) is 0.167. The van der Waals surface area contributed by atoms with Crippen molar-refractivity contribution in [3.63, 3.8) is 0 Å². The van der Waals surface area contributed by atoms with E-state index in [2.05, 4.69) is 17.1 Å². The minimum Gasteiger partial charge on any atom is -0.511 e. The Morgan fingerprint density at radius 2 is 1.82 bits per heavy atom. The monoisotopic (exact) mass is 304 g/mol. The van der Waals surface area contributed by atoms with Crippen LogP contribution in [0, 0.1) is 0 Å². The first-order valence-corrected chi connectivity index (χ1v) is 7.73. The van der Waals surface area contributed by atoms with Gasteiger partial charge in [0.05, 0.1) is 11.8 Å². The number of aliphatic hydroxyl groups excluding tert-OH is 1. The van der Waals surface area contributed by atoms with E-state index in [1.807, 2.05) is 58.9 Å². The van der Waals surface area contributed by atoms with Crippen molar-refractivity contribution in [1.82, 2.24) is 5.32 Å².